The van der Waals surface area contributed by atoms with Gasteiger partial charge in [-0.2, -0.15) is 0 Å². The number of sulfonamides is 1. The molecule has 2 heterocycles. The first-order chi connectivity index (χ1) is 13.5. The molecule has 0 aliphatic carbocycles. The minimum Gasteiger partial charge on any atom is -0.493 e. The smallest absolute Gasteiger partial charge is 0.261 e. The normalized spacial score (nSPS) is 12.7. The van der Waals surface area contributed by atoms with Gasteiger partial charge in [-0.25, -0.2) is 8.42 Å². The van der Waals surface area contributed by atoms with Crippen molar-refractivity contribution in [2.45, 2.75) is 11.3 Å². The molecule has 0 saturated heterocycles. The summed E-state index contributed by atoms with van der Waals surface area (Å²) in [4.78, 5) is 16.5. The van der Waals surface area contributed by atoms with Crippen molar-refractivity contribution in [1.29, 1.82) is 0 Å². The number of benzene rings is 2. The maximum atomic E-state index is 12.7. The van der Waals surface area contributed by atoms with Gasteiger partial charge in [0, 0.05) is 35.8 Å². The van der Waals surface area contributed by atoms with Crippen LogP contribution in [0.3, 0.4) is 0 Å². The number of anilines is 2. The molecule has 4 rings (SSSR count). The van der Waals surface area contributed by atoms with E-state index in [0.717, 1.165) is 5.56 Å². The van der Waals surface area contributed by atoms with Crippen LogP contribution >= 0.6 is 0 Å². The Morgan fingerprint density at radius 1 is 1.00 bits per heavy atom. The highest BCUT2D eigenvalue weighted by molar-refractivity contribution is 7.92. The Balaban J connectivity index is 1.53. The number of ether oxygens (including phenoxy) is 1. The van der Waals surface area contributed by atoms with Crippen molar-refractivity contribution in [2.24, 2.45) is 0 Å². The van der Waals surface area contributed by atoms with Crippen LogP contribution < -0.4 is 14.8 Å². The number of hydrogen-bond donors (Lipinski definition) is 2. The Labute approximate surface area is 162 Å². The Kier molecular flexibility index (Phi) is 4.70. The minimum atomic E-state index is -3.78. The van der Waals surface area contributed by atoms with Crippen molar-refractivity contribution in [3.05, 3.63) is 78.1 Å². The van der Waals surface area contributed by atoms with Crippen LogP contribution in [0.15, 0.2) is 71.9 Å². The SMILES string of the molecule is O=C(Nc1ccncc1)c1cccc(NS(=O)(=O)c2ccc3c(c2)CCO3)c1. The zero-order chi connectivity index (χ0) is 19.6. The number of nitrogens with zero attached hydrogens (tertiary/aromatic N) is 1. The molecule has 1 aliphatic rings. The number of amides is 1. The van der Waals surface area contributed by atoms with Gasteiger partial charge in [0.25, 0.3) is 15.9 Å². The Morgan fingerprint density at radius 3 is 2.64 bits per heavy atom. The van der Waals surface area contributed by atoms with Gasteiger partial charge in [0.2, 0.25) is 0 Å². The number of carbonyl (C=O) groups is 1. The second kappa shape index (κ2) is 7.32. The highest BCUT2D eigenvalue weighted by Crippen LogP contribution is 2.28. The number of pyridine rings is 1. The summed E-state index contributed by atoms with van der Waals surface area (Å²) in [5, 5.41) is 2.74. The summed E-state index contributed by atoms with van der Waals surface area (Å²) < 4.78 is 33.4. The molecule has 8 heteroatoms. The van der Waals surface area contributed by atoms with Crippen LogP contribution in [0.2, 0.25) is 0 Å². The quantitative estimate of drug-likeness (QED) is 0.692. The molecule has 142 valence electrons. The number of carbonyl (C=O) groups excluding carboxylic acids is 1. The summed E-state index contributed by atoms with van der Waals surface area (Å²) in [6.07, 6.45) is 3.83. The van der Waals surface area contributed by atoms with Crippen molar-refractivity contribution in [2.75, 3.05) is 16.6 Å². The van der Waals surface area contributed by atoms with E-state index >= 15 is 0 Å². The lowest BCUT2D eigenvalue weighted by Crippen LogP contribution is -2.15. The van der Waals surface area contributed by atoms with Crippen LogP contribution in [0.4, 0.5) is 11.4 Å². The Hall–Kier alpha value is -3.39. The van der Waals surface area contributed by atoms with E-state index < -0.39 is 10.0 Å². The Morgan fingerprint density at radius 2 is 1.82 bits per heavy atom. The molecule has 2 aromatic carbocycles. The molecule has 28 heavy (non-hydrogen) atoms. The molecule has 1 amide bonds. The van der Waals surface area contributed by atoms with Gasteiger partial charge in [-0.15, -0.1) is 0 Å². The van der Waals surface area contributed by atoms with Gasteiger partial charge >= 0.3 is 0 Å². The average molecular weight is 395 g/mol. The van der Waals surface area contributed by atoms with Crippen molar-refractivity contribution in [3.63, 3.8) is 0 Å². The summed E-state index contributed by atoms with van der Waals surface area (Å²) in [5.74, 6) is 0.371. The van der Waals surface area contributed by atoms with E-state index in [-0.39, 0.29) is 10.8 Å². The van der Waals surface area contributed by atoms with E-state index in [2.05, 4.69) is 15.0 Å². The summed E-state index contributed by atoms with van der Waals surface area (Å²) in [7, 11) is -3.78. The highest BCUT2D eigenvalue weighted by atomic mass is 32.2. The molecule has 1 aromatic heterocycles. The summed E-state index contributed by atoms with van der Waals surface area (Å²) in [6, 6.07) is 14.4. The second-order valence-corrected chi connectivity index (χ2v) is 7.93. The number of hydrogen-bond acceptors (Lipinski definition) is 5. The van der Waals surface area contributed by atoms with Crippen molar-refractivity contribution < 1.29 is 17.9 Å². The van der Waals surface area contributed by atoms with E-state index in [1.807, 2.05) is 0 Å². The van der Waals surface area contributed by atoms with Gasteiger partial charge in [-0.1, -0.05) is 6.07 Å². The summed E-state index contributed by atoms with van der Waals surface area (Å²) in [5.41, 5.74) is 2.11. The minimum absolute atomic E-state index is 0.156. The molecular formula is C20H17N3O4S. The third kappa shape index (κ3) is 3.81. The lowest BCUT2D eigenvalue weighted by molar-refractivity contribution is 0.102. The summed E-state index contributed by atoms with van der Waals surface area (Å²) >= 11 is 0. The van der Waals surface area contributed by atoms with Gasteiger partial charge in [0.1, 0.15) is 5.75 Å². The van der Waals surface area contributed by atoms with E-state index in [1.165, 1.54) is 12.1 Å². The molecule has 0 bridgehead atoms. The van der Waals surface area contributed by atoms with Gasteiger partial charge in [0.05, 0.1) is 11.5 Å². The van der Waals surface area contributed by atoms with Crippen molar-refractivity contribution >= 4 is 27.3 Å². The zero-order valence-corrected chi connectivity index (χ0v) is 15.6. The molecular weight excluding hydrogens is 378 g/mol. The average Bonchev–Trinajstić information content (AvgIpc) is 3.16. The van der Waals surface area contributed by atoms with E-state index in [4.69, 9.17) is 4.74 Å². The molecule has 1 aliphatic heterocycles. The molecule has 0 unspecified atom stereocenters. The first-order valence-electron chi connectivity index (χ1n) is 8.61. The van der Waals surface area contributed by atoms with E-state index in [1.54, 1.807) is 54.9 Å². The topological polar surface area (TPSA) is 97.4 Å². The molecule has 0 atom stereocenters. The number of aromatic nitrogens is 1. The molecule has 0 fully saturated rings. The van der Waals surface area contributed by atoms with Crippen LogP contribution in [-0.4, -0.2) is 25.9 Å². The third-order valence-electron chi connectivity index (χ3n) is 4.29. The fraction of sp³-hybridized carbons (Fsp3) is 0.100. The van der Waals surface area contributed by atoms with Gasteiger partial charge in [-0.3, -0.25) is 14.5 Å². The molecule has 3 aromatic rings. The van der Waals surface area contributed by atoms with Crippen LogP contribution in [0.1, 0.15) is 15.9 Å². The molecule has 0 saturated carbocycles. The third-order valence-corrected chi connectivity index (χ3v) is 5.67. The predicted octanol–water partition coefficient (Wildman–Crippen LogP) is 3.07. The van der Waals surface area contributed by atoms with Crippen LogP contribution in [-0.2, 0) is 16.4 Å². The first-order valence-corrected chi connectivity index (χ1v) is 10.1. The van der Waals surface area contributed by atoms with Gasteiger partial charge in [0.15, 0.2) is 0 Å². The van der Waals surface area contributed by atoms with Crippen LogP contribution in [0.5, 0.6) is 5.75 Å². The molecule has 2 N–H and O–H groups in total. The van der Waals surface area contributed by atoms with Gasteiger partial charge in [-0.05, 0) is 54.1 Å². The van der Waals surface area contributed by atoms with E-state index in [0.29, 0.717) is 35.7 Å². The summed E-state index contributed by atoms with van der Waals surface area (Å²) in [6.45, 7) is 0.556. The van der Waals surface area contributed by atoms with Crippen molar-refractivity contribution in [1.82, 2.24) is 4.98 Å². The Bertz CT molecular complexity index is 1130. The number of nitrogens with one attached hydrogen (secondary N) is 2. The maximum absolute atomic E-state index is 12.7. The molecule has 0 radical (unpaired) electrons. The van der Waals surface area contributed by atoms with Crippen molar-refractivity contribution in [3.8, 4) is 5.75 Å². The zero-order valence-electron chi connectivity index (χ0n) is 14.8. The molecule has 7 nitrogen and oxygen atoms in total. The fourth-order valence-corrected chi connectivity index (χ4v) is 4.01. The standard InChI is InChI=1S/C20H17N3O4S/c24-20(22-16-6-9-21-10-7-16)15-2-1-3-17(12-15)23-28(25,26)18-4-5-19-14(13-18)8-11-27-19/h1-7,9-10,12-13,23H,8,11H2,(H,21,22,24). The van der Waals surface area contributed by atoms with Crippen LogP contribution in [0.25, 0.3) is 0 Å². The number of rotatable bonds is 5. The monoisotopic (exact) mass is 395 g/mol. The maximum Gasteiger partial charge on any atom is 0.261 e. The highest BCUT2D eigenvalue weighted by Gasteiger charge is 2.20. The predicted molar refractivity (Wildman–Crippen MR) is 105 cm³/mol. The first kappa shape index (κ1) is 18.0. The van der Waals surface area contributed by atoms with E-state index in [9.17, 15) is 13.2 Å². The molecule has 0 spiro atoms. The lowest BCUT2D eigenvalue weighted by atomic mass is 10.2. The second-order valence-electron chi connectivity index (χ2n) is 6.24. The number of fused-ring (bicyclic) bond motifs is 1. The lowest BCUT2D eigenvalue weighted by Gasteiger charge is -2.11. The van der Waals surface area contributed by atoms with Crippen LogP contribution in [0, 0.1) is 0 Å². The fourth-order valence-electron chi connectivity index (χ4n) is 2.91. The van der Waals surface area contributed by atoms with Gasteiger partial charge < -0.3 is 10.1 Å². The largest absolute Gasteiger partial charge is 0.493 e.